The van der Waals surface area contributed by atoms with Crippen molar-refractivity contribution in [1.29, 1.82) is 0 Å². The molecule has 0 saturated carbocycles. The minimum Gasteiger partial charge on any atom is -0.207 e. The van der Waals surface area contributed by atoms with Crippen LogP contribution in [0.5, 0.6) is 0 Å². The van der Waals surface area contributed by atoms with Crippen LogP contribution in [0.25, 0.3) is 0 Å². The molecule has 0 heterocycles. The number of thioether (sulfide) groups is 1. The number of hydrogen-bond acceptors (Lipinski definition) is 3. The highest BCUT2D eigenvalue weighted by molar-refractivity contribution is 7.98. The first-order valence-corrected chi connectivity index (χ1v) is 9.90. The van der Waals surface area contributed by atoms with Crippen molar-refractivity contribution in [2.45, 2.75) is 36.1 Å². The van der Waals surface area contributed by atoms with Gasteiger partial charge < -0.3 is 0 Å². The first-order valence-electron chi connectivity index (χ1n) is 7.19. The molecule has 118 valence electrons. The van der Waals surface area contributed by atoms with Gasteiger partial charge in [0, 0.05) is 10.9 Å². The third-order valence-electron chi connectivity index (χ3n) is 3.56. The zero-order valence-corrected chi connectivity index (χ0v) is 14.7. The van der Waals surface area contributed by atoms with Crippen LogP contribution < -0.4 is 4.72 Å². The van der Waals surface area contributed by atoms with Crippen LogP contribution in [0.1, 0.15) is 30.5 Å². The average molecular weight is 335 g/mol. The SMILES string of the molecule is CC[C@@H](NS(=O)(=O)c1ccc(SC)cc1)c1ccc(C)cc1. The number of hydrogen-bond donors (Lipinski definition) is 1. The minimum absolute atomic E-state index is 0.217. The fourth-order valence-electron chi connectivity index (χ4n) is 2.20. The van der Waals surface area contributed by atoms with Gasteiger partial charge >= 0.3 is 0 Å². The number of rotatable bonds is 6. The van der Waals surface area contributed by atoms with E-state index in [1.807, 2.05) is 56.5 Å². The zero-order valence-electron chi connectivity index (χ0n) is 13.0. The van der Waals surface area contributed by atoms with Crippen LogP contribution >= 0.6 is 11.8 Å². The van der Waals surface area contributed by atoms with Gasteiger partial charge in [0.2, 0.25) is 10.0 Å². The van der Waals surface area contributed by atoms with E-state index in [4.69, 9.17) is 0 Å². The van der Waals surface area contributed by atoms with E-state index < -0.39 is 10.0 Å². The number of nitrogens with one attached hydrogen (secondary N) is 1. The fourth-order valence-corrected chi connectivity index (χ4v) is 3.91. The van der Waals surface area contributed by atoms with Gasteiger partial charge in [-0.2, -0.15) is 0 Å². The van der Waals surface area contributed by atoms with Crippen molar-refractivity contribution in [1.82, 2.24) is 4.72 Å². The van der Waals surface area contributed by atoms with Crippen LogP contribution in [0.3, 0.4) is 0 Å². The van der Waals surface area contributed by atoms with Crippen molar-refractivity contribution < 1.29 is 8.42 Å². The van der Waals surface area contributed by atoms with Gasteiger partial charge in [0.15, 0.2) is 0 Å². The molecule has 2 aromatic rings. The Kier molecular flexibility index (Phi) is 5.67. The molecule has 0 radical (unpaired) electrons. The minimum atomic E-state index is -3.51. The molecule has 2 aromatic carbocycles. The molecule has 0 bridgehead atoms. The summed E-state index contributed by atoms with van der Waals surface area (Å²) < 4.78 is 27.8. The molecule has 0 amide bonds. The highest BCUT2D eigenvalue weighted by Gasteiger charge is 2.20. The Morgan fingerprint density at radius 1 is 1.05 bits per heavy atom. The molecular formula is C17H21NO2S2. The van der Waals surface area contributed by atoms with Gasteiger partial charge in [-0.25, -0.2) is 13.1 Å². The van der Waals surface area contributed by atoms with E-state index in [0.717, 1.165) is 16.0 Å². The molecule has 0 saturated heterocycles. The largest absolute Gasteiger partial charge is 0.241 e. The molecule has 22 heavy (non-hydrogen) atoms. The van der Waals surface area contributed by atoms with E-state index in [0.29, 0.717) is 11.3 Å². The standard InChI is InChI=1S/C17H21NO2S2/c1-4-17(14-7-5-13(2)6-8-14)18-22(19,20)16-11-9-15(21-3)10-12-16/h5-12,17-18H,4H2,1-3H3/t17-/m1/s1. The molecule has 0 spiro atoms. The van der Waals surface area contributed by atoms with Gasteiger partial charge in [-0.1, -0.05) is 36.8 Å². The van der Waals surface area contributed by atoms with Gasteiger partial charge in [0.05, 0.1) is 4.90 Å². The third kappa shape index (κ3) is 4.12. The Labute approximate surface area is 137 Å². The lowest BCUT2D eigenvalue weighted by molar-refractivity contribution is 0.550. The van der Waals surface area contributed by atoms with Crippen molar-refractivity contribution >= 4 is 21.8 Å². The number of benzene rings is 2. The maximum Gasteiger partial charge on any atom is 0.241 e. The third-order valence-corrected chi connectivity index (χ3v) is 5.79. The second-order valence-electron chi connectivity index (χ2n) is 5.17. The summed E-state index contributed by atoms with van der Waals surface area (Å²) in [5.41, 5.74) is 2.14. The predicted molar refractivity (Wildman–Crippen MR) is 92.8 cm³/mol. The van der Waals surface area contributed by atoms with E-state index >= 15 is 0 Å². The Morgan fingerprint density at radius 2 is 1.64 bits per heavy atom. The van der Waals surface area contributed by atoms with Crippen LogP contribution in [0.4, 0.5) is 0 Å². The lowest BCUT2D eigenvalue weighted by atomic mass is 10.0. The first kappa shape index (κ1) is 17.1. The van der Waals surface area contributed by atoms with Crippen molar-refractivity contribution in [3.8, 4) is 0 Å². The van der Waals surface area contributed by atoms with E-state index in [1.54, 1.807) is 23.9 Å². The van der Waals surface area contributed by atoms with Crippen molar-refractivity contribution in [3.05, 3.63) is 59.7 Å². The second kappa shape index (κ2) is 7.31. The van der Waals surface area contributed by atoms with Gasteiger partial charge in [-0.3, -0.25) is 0 Å². The molecule has 0 aliphatic carbocycles. The average Bonchev–Trinajstić information content (AvgIpc) is 2.53. The van der Waals surface area contributed by atoms with Crippen LogP contribution in [0, 0.1) is 6.92 Å². The van der Waals surface area contributed by atoms with E-state index in [2.05, 4.69) is 4.72 Å². The van der Waals surface area contributed by atoms with Gasteiger partial charge in [0.25, 0.3) is 0 Å². The molecule has 1 N–H and O–H groups in total. The summed E-state index contributed by atoms with van der Waals surface area (Å²) in [6.07, 6.45) is 2.66. The fraction of sp³-hybridized carbons (Fsp3) is 0.294. The van der Waals surface area contributed by atoms with Crippen LogP contribution in [-0.2, 0) is 10.0 Å². The lowest BCUT2D eigenvalue weighted by Gasteiger charge is -2.18. The van der Waals surface area contributed by atoms with Crippen molar-refractivity contribution in [2.75, 3.05) is 6.26 Å². The molecule has 0 fully saturated rings. The summed E-state index contributed by atoms with van der Waals surface area (Å²) >= 11 is 1.59. The summed E-state index contributed by atoms with van der Waals surface area (Å²) in [6.45, 7) is 3.99. The van der Waals surface area contributed by atoms with E-state index in [1.165, 1.54) is 0 Å². The quantitative estimate of drug-likeness (QED) is 0.807. The maximum atomic E-state index is 12.5. The molecule has 3 nitrogen and oxygen atoms in total. The molecule has 2 rings (SSSR count). The maximum absolute atomic E-state index is 12.5. The topological polar surface area (TPSA) is 46.2 Å². The Bertz CT molecular complexity index is 707. The second-order valence-corrected chi connectivity index (χ2v) is 7.76. The first-order chi connectivity index (χ1) is 10.5. The molecular weight excluding hydrogens is 314 g/mol. The summed E-state index contributed by atoms with van der Waals surface area (Å²) in [4.78, 5) is 1.35. The summed E-state index contributed by atoms with van der Waals surface area (Å²) in [5.74, 6) is 0. The van der Waals surface area contributed by atoms with Crippen LogP contribution in [0.2, 0.25) is 0 Å². The molecule has 1 atom stereocenters. The van der Waals surface area contributed by atoms with E-state index in [-0.39, 0.29) is 6.04 Å². The van der Waals surface area contributed by atoms with Gasteiger partial charge in [0.1, 0.15) is 0 Å². The zero-order chi connectivity index (χ0) is 16.2. The predicted octanol–water partition coefficient (Wildman–Crippen LogP) is 4.15. The Hall–Kier alpha value is -1.30. The summed E-state index contributed by atoms with van der Waals surface area (Å²) in [7, 11) is -3.51. The van der Waals surface area contributed by atoms with Crippen LogP contribution in [-0.4, -0.2) is 14.7 Å². The Morgan fingerprint density at radius 3 is 2.14 bits per heavy atom. The molecule has 0 unspecified atom stereocenters. The smallest absolute Gasteiger partial charge is 0.207 e. The number of sulfonamides is 1. The molecule has 5 heteroatoms. The monoisotopic (exact) mass is 335 g/mol. The molecule has 0 aliphatic heterocycles. The van der Waals surface area contributed by atoms with Gasteiger partial charge in [-0.15, -0.1) is 11.8 Å². The Balaban J connectivity index is 2.23. The number of aryl methyl sites for hydroxylation is 1. The molecule has 0 aromatic heterocycles. The van der Waals surface area contributed by atoms with Crippen molar-refractivity contribution in [3.63, 3.8) is 0 Å². The van der Waals surface area contributed by atoms with E-state index in [9.17, 15) is 8.42 Å². The van der Waals surface area contributed by atoms with Gasteiger partial charge in [-0.05, 0) is 49.4 Å². The van der Waals surface area contributed by atoms with Crippen LogP contribution in [0.15, 0.2) is 58.3 Å². The normalized spacial score (nSPS) is 13.0. The molecule has 0 aliphatic rings. The lowest BCUT2D eigenvalue weighted by Crippen LogP contribution is -2.28. The highest BCUT2D eigenvalue weighted by atomic mass is 32.2. The van der Waals surface area contributed by atoms with Crippen molar-refractivity contribution in [2.24, 2.45) is 0 Å². The summed E-state index contributed by atoms with van der Waals surface area (Å²) in [5, 5.41) is 0. The summed E-state index contributed by atoms with van der Waals surface area (Å²) in [6, 6.07) is 14.7. The highest BCUT2D eigenvalue weighted by Crippen LogP contribution is 2.22.